The molecule has 0 saturated heterocycles. The summed E-state index contributed by atoms with van der Waals surface area (Å²) in [5.41, 5.74) is 2.42. The number of aliphatic carboxylic acids is 2. The van der Waals surface area contributed by atoms with Gasteiger partial charge in [-0.3, -0.25) is 0 Å². The third-order valence-corrected chi connectivity index (χ3v) is 2.32. The second kappa shape index (κ2) is 6.09. The van der Waals surface area contributed by atoms with Crippen LogP contribution in [0.25, 0.3) is 0 Å². The average molecular weight is 289 g/mol. The normalized spacial score (nSPS) is 13.1. The number of nitrogens with one attached hydrogen (secondary N) is 1. The number of halogens is 3. The van der Waals surface area contributed by atoms with E-state index < -0.39 is 18.1 Å². The van der Waals surface area contributed by atoms with E-state index in [1.165, 1.54) is 0 Å². The summed E-state index contributed by atoms with van der Waals surface area (Å²) in [5, 5.41) is 18.8. The number of fused-ring (bicyclic) bond motifs is 1. The van der Waals surface area contributed by atoms with Gasteiger partial charge in [-0.1, -0.05) is 18.2 Å². The van der Waals surface area contributed by atoms with Crippen molar-refractivity contribution in [3.05, 3.63) is 41.6 Å². The molecule has 0 aromatic heterocycles. The summed E-state index contributed by atoms with van der Waals surface area (Å²) in [5.74, 6) is -3.62. The number of hydrogen-bond donors (Lipinski definition) is 3. The summed E-state index contributed by atoms with van der Waals surface area (Å²) in [6.07, 6.45) is -3.04. The third kappa shape index (κ3) is 4.30. The minimum absolute atomic E-state index is 0.402. The van der Waals surface area contributed by atoms with Crippen LogP contribution in [-0.2, 0) is 16.0 Å². The number of hydrogen-bond acceptors (Lipinski definition) is 3. The van der Waals surface area contributed by atoms with Crippen LogP contribution in [0.3, 0.4) is 0 Å². The number of carboxylic acids is 2. The fraction of sp³-hybridized carbons (Fsp3) is 0.167. The predicted molar refractivity (Wildman–Crippen MR) is 63.2 cm³/mol. The van der Waals surface area contributed by atoms with Crippen molar-refractivity contribution in [2.24, 2.45) is 0 Å². The first kappa shape index (κ1) is 15.5. The number of carbonyl (C=O) groups is 2. The minimum Gasteiger partial charge on any atom is -0.478 e. The second-order valence-electron chi connectivity index (χ2n) is 3.76. The zero-order valence-corrected chi connectivity index (χ0v) is 9.94. The summed E-state index contributed by atoms with van der Waals surface area (Å²) >= 11 is 0. The van der Waals surface area contributed by atoms with Crippen molar-refractivity contribution in [2.45, 2.75) is 12.6 Å². The van der Waals surface area contributed by atoms with Crippen molar-refractivity contribution in [2.75, 3.05) is 5.32 Å². The Morgan fingerprint density at radius 1 is 1.15 bits per heavy atom. The lowest BCUT2D eigenvalue weighted by Crippen LogP contribution is -2.21. The van der Waals surface area contributed by atoms with Crippen molar-refractivity contribution in [1.82, 2.24) is 0 Å². The van der Waals surface area contributed by atoms with Gasteiger partial charge < -0.3 is 15.5 Å². The zero-order valence-electron chi connectivity index (χ0n) is 9.94. The van der Waals surface area contributed by atoms with Crippen molar-refractivity contribution in [3.63, 3.8) is 0 Å². The Labute approximate surface area is 111 Å². The van der Waals surface area contributed by atoms with Crippen LogP contribution >= 0.6 is 0 Å². The van der Waals surface area contributed by atoms with Crippen molar-refractivity contribution < 1.29 is 33.0 Å². The number of anilines is 1. The molecular weight excluding hydrogens is 279 g/mol. The molecule has 0 fully saturated rings. The third-order valence-electron chi connectivity index (χ3n) is 2.32. The maximum Gasteiger partial charge on any atom is 0.490 e. The monoisotopic (exact) mass is 289 g/mol. The first-order valence-corrected chi connectivity index (χ1v) is 5.28. The Kier molecular flexibility index (Phi) is 4.73. The van der Waals surface area contributed by atoms with Crippen LogP contribution in [0.1, 0.15) is 5.56 Å². The van der Waals surface area contributed by atoms with Gasteiger partial charge in [0.2, 0.25) is 0 Å². The summed E-state index contributed by atoms with van der Waals surface area (Å²) in [6.45, 7) is 0. The van der Waals surface area contributed by atoms with E-state index in [0.717, 1.165) is 11.3 Å². The van der Waals surface area contributed by atoms with E-state index in [9.17, 15) is 18.0 Å². The highest BCUT2D eigenvalue weighted by atomic mass is 19.4. The maximum atomic E-state index is 10.7. The zero-order chi connectivity index (χ0) is 15.3. The SMILES string of the molecule is O=C(O)C(F)(F)F.O=C(O)C1=CNc2ccccc2C1. The van der Waals surface area contributed by atoms with E-state index in [4.69, 9.17) is 15.0 Å². The van der Waals surface area contributed by atoms with E-state index in [2.05, 4.69) is 5.32 Å². The molecule has 0 radical (unpaired) electrons. The van der Waals surface area contributed by atoms with E-state index in [-0.39, 0.29) is 0 Å². The lowest BCUT2D eigenvalue weighted by atomic mass is 10.0. The van der Waals surface area contributed by atoms with Crippen molar-refractivity contribution in [1.29, 1.82) is 0 Å². The summed E-state index contributed by atoms with van der Waals surface area (Å²) in [4.78, 5) is 19.6. The number of rotatable bonds is 1. The van der Waals surface area contributed by atoms with Crippen LogP contribution in [0.2, 0.25) is 0 Å². The molecule has 0 amide bonds. The fourth-order valence-electron chi connectivity index (χ4n) is 1.37. The van der Waals surface area contributed by atoms with E-state index in [1.807, 2.05) is 24.3 Å². The molecule has 3 N–H and O–H groups in total. The average Bonchev–Trinajstić information content (AvgIpc) is 2.37. The smallest absolute Gasteiger partial charge is 0.478 e. The van der Waals surface area contributed by atoms with Gasteiger partial charge in [0, 0.05) is 18.3 Å². The summed E-state index contributed by atoms with van der Waals surface area (Å²) in [7, 11) is 0. The van der Waals surface area contributed by atoms with Crippen LogP contribution in [0, 0.1) is 0 Å². The first-order chi connectivity index (χ1) is 9.21. The highest BCUT2D eigenvalue weighted by molar-refractivity contribution is 5.89. The lowest BCUT2D eigenvalue weighted by Gasteiger charge is -2.15. The van der Waals surface area contributed by atoms with Crippen LogP contribution in [-0.4, -0.2) is 28.3 Å². The molecule has 1 aliphatic rings. The van der Waals surface area contributed by atoms with E-state index in [0.29, 0.717) is 12.0 Å². The Balaban J connectivity index is 0.000000246. The quantitative estimate of drug-likeness (QED) is 0.738. The van der Waals surface area contributed by atoms with Crippen molar-refractivity contribution >= 4 is 17.6 Å². The van der Waals surface area contributed by atoms with Gasteiger partial charge in [0.05, 0.1) is 5.57 Å². The van der Waals surface area contributed by atoms with Gasteiger partial charge in [-0.15, -0.1) is 0 Å². The van der Waals surface area contributed by atoms with Gasteiger partial charge in [0.15, 0.2) is 0 Å². The molecule has 108 valence electrons. The number of benzene rings is 1. The molecule has 0 saturated carbocycles. The van der Waals surface area contributed by atoms with Gasteiger partial charge in [0.25, 0.3) is 0 Å². The Hall–Kier alpha value is -2.51. The van der Waals surface area contributed by atoms with Crippen LogP contribution in [0.15, 0.2) is 36.0 Å². The van der Waals surface area contributed by atoms with Gasteiger partial charge >= 0.3 is 18.1 Å². The number of alkyl halides is 3. The minimum atomic E-state index is -5.08. The number of para-hydroxylation sites is 1. The summed E-state index contributed by atoms with van der Waals surface area (Å²) in [6, 6.07) is 7.69. The Morgan fingerprint density at radius 3 is 2.20 bits per heavy atom. The van der Waals surface area contributed by atoms with Gasteiger partial charge in [-0.25, -0.2) is 9.59 Å². The molecule has 1 aliphatic heterocycles. The molecule has 8 heteroatoms. The molecule has 0 spiro atoms. The molecule has 0 bridgehead atoms. The Bertz CT molecular complexity index is 552. The second-order valence-corrected chi connectivity index (χ2v) is 3.76. The van der Waals surface area contributed by atoms with Crippen LogP contribution in [0.5, 0.6) is 0 Å². The van der Waals surface area contributed by atoms with Gasteiger partial charge in [0.1, 0.15) is 0 Å². The molecule has 5 nitrogen and oxygen atoms in total. The van der Waals surface area contributed by atoms with Gasteiger partial charge in [-0.05, 0) is 11.6 Å². The first-order valence-electron chi connectivity index (χ1n) is 5.28. The van der Waals surface area contributed by atoms with Gasteiger partial charge in [-0.2, -0.15) is 13.2 Å². The molecule has 1 aromatic carbocycles. The summed E-state index contributed by atoms with van der Waals surface area (Å²) < 4.78 is 31.7. The van der Waals surface area contributed by atoms with Crippen LogP contribution in [0.4, 0.5) is 18.9 Å². The Morgan fingerprint density at radius 2 is 1.70 bits per heavy atom. The van der Waals surface area contributed by atoms with Crippen LogP contribution < -0.4 is 5.32 Å². The topological polar surface area (TPSA) is 86.6 Å². The van der Waals surface area contributed by atoms with E-state index in [1.54, 1.807) is 6.20 Å². The molecule has 0 unspecified atom stereocenters. The predicted octanol–water partition coefficient (Wildman–Crippen LogP) is 2.26. The standard InChI is InChI=1S/C10H9NO2.C2HF3O2/c12-10(13)8-5-7-3-1-2-4-9(7)11-6-8;3-2(4,5)1(6)7/h1-4,6,11H,5H2,(H,12,13);(H,6,7). The maximum absolute atomic E-state index is 10.7. The molecule has 2 rings (SSSR count). The molecular formula is C12H10F3NO4. The molecule has 0 aliphatic carbocycles. The largest absolute Gasteiger partial charge is 0.490 e. The molecule has 1 heterocycles. The lowest BCUT2D eigenvalue weighted by molar-refractivity contribution is -0.192. The highest BCUT2D eigenvalue weighted by Crippen LogP contribution is 2.23. The molecule has 1 aromatic rings. The molecule has 20 heavy (non-hydrogen) atoms. The fourth-order valence-corrected chi connectivity index (χ4v) is 1.37. The highest BCUT2D eigenvalue weighted by Gasteiger charge is 2.38. The molecule has 0 atom stereocenters. The van der Waals surface area contributed by atoms with Crippen molar-refractivity contribution in [3.8, 4) is 0 Å². The number of carboxylic acid groups (broad SMARTS) is 2. The van der Waals surface area contributed by atoms with E-state index >= 15 is 0 Å².